The summed E-state index contributed by atoms with van der Waals surface area (Å²) in [5.41, 5.74) is 5.71. The number of nitrogens with zero attached hydrogens (tertiary/aromatic N) is 2. The zero-order valence-corrected chi connectivity index (χ0v) is 7.77. The molecule has 0 aliphatic carbocycles. The van der Waals surface area contributed by atoms with Gasteiger partial charge in [0.15, 0.2) is 0 Å². The van der Waals surface area contributed by atoms with E-state index >= 15 is 0 Å². The van der Waals surface area contributed by atoms with Crippen molar-refractivity contribution in [1.29, 1.82) is 0 Å². The summed E-state index contributed by atoms with van der Waals surface area (Å²) >= 11 is 0. The first-order valence-corrected chi connectivity index (χ1v) is 4.34. The number of hydrogen-bond acceptors (Lipinski definition) is 3. The predicted octanol–water partition coefficient (Wildman–Crippen LogP) is 0.158. The second-order valence-electron chi connectivity index (χ2n) is 2.97. The molecular weight excluding hydrogens is 199 g/mol. The van der Waals surface area contributed by atoms with Gasteiger partial charge in [-0.05, 0) is 12.1 Å². The molecule has 0 unspecified atom stereocenters. The quantitative estimate of drug-likeness (QED) is 0.738. The van der Waals surface area contributed by atoms with Gasteiger partial charge in [-0.25, -0.2) is 18.9 Å². The van der Waals surface area contributed by atoms with E-state index in [-0.39, 0.29) is 6.54 Å². The maximum atomic E-state index is 13.3. The number of aromatic amines is 1. The van der Waals surface area contributed by atoms with Gasteiger partial charge in [0.05, 0.1) is 5.69 Å². The van der Waals surface area contributed by atoms with E-state index in [9.17, 15) is 9.18 Å². The van der Waals surface area contributed by atoms with Crippen molar-refractivity contribution < 1.29 is 4.39 Å². The first-order valence-electron chi connectivity index (χ1n) is 4.34. The number of halogens is 1. The summed E-state index contributed by atoms with van der Waals surface area (Å²) in [5, 5.41) is 5.80. The minimum atomic E-state index is -0.428. The molecule has 1 aromatic carbocycles. The van der Waals surface area contributed by atoms with E-state index < -0.39 is 11.5 Å². The van der Waals surface area contributed by atoms with Gasteiger partial charge in [0.2, 0.25) is 0 Å². The van der Waals surface area contributed by atoms with E-state index in [1.54, 1.807) is 6.07 Å². The van der Waals surface area contributed by atoms with Crippen molar-refractivity contribution >= 4 is 0 Å². The van der Waals surface area contributed by atoms with Crippen LogP contribution in [0.3, 0.4) is 0 Å². The third-order valence-corrected chi connectivity index (χ3v) is 2.11. The van der Waals surface area contributed by atoms with Gasteiger partial charge < -0.3 is 5.73 Å². The van der Waals surface area contributed by atoms with Crippen LogP contribution in [0.5, 0.6) is 0 Å². The molecule has 6 heteroatoms. The normalized spacial score (nSPS) is 10.5. The summed E-state index contributed by atoms with van der Waals surface area (Å²) < 4.78 is 14.6. The summed E-state index contributed by atoms with van der Waals surface area (Å²) in [6, 6.07) is 4.43. The molecule has 0 atom stereocenters. The molecule has 0 amide bonds. The molecule has 0 radical (unpaired) electrons. The fourth-order valence-electron chi connectivity index (χ4n) is 1.39. The number of nitrogens with one attached hydrogen (secondary N) is 1. The Morgan fingerprint density at radius 3 is 2.93 bits per heavy atom. The summed E-state index contributed by atoms with van der Waals surface area (Å²) in [4.78, 5) is 11.3. The molecule has 0 spiro atoms. The number of aromatic nitrogens is 3. The van der Waals surface area contributed by atoms with Gasteiger partial charge in [-0.2, -0.15) is 5.10 Å². The second-order valence-corrected chi connectivity index (χ2v) is 2.97. The van der Waals surface area contributed by atoms with E-state index in [0.29, 0.717) is 11.3 Å². The largest absolute Gasteiger partial charge is 0.347 e. The Bertz CT molecular complexity index is 531. The maximum absolute atomic E-state index is 13.3. The minimum Gasteiger partial charge on any atom is -0.326 e. The fourth-order valence-corrected chi connectivity index (χ4v) is 1.39. The van der Waals surface area contributed by atoms with Crippen LogP contribution in [0.25, 0.3) is 5.69 Å². The van der Waals surface area contributed by atoms with E-state index in [0.717, 1.165) is 0 Å². The van der Waals surface area contributed by atoms with Gasteiger partial charge in [-0.1, -0.05) is 6.07 Å². The molecule has 0 fully saturated rings. The number of nitrogens with two attached hydrogens (primary N) is 1. The number of hydrogen-bond donors (Lipinski definition) is 2. The maximum Gasteiger partial charge on any atom is 0.347 e. The Labute approximate surface area is 84.3 Å². The van der Waals surface area contributed by atoms with Crippen LogP contribution in [0.2, 0.25) is 0 Å². The number of benzene rings is 1. The predicted molar refractivity (Wildman–Crippen MR) is 52.0 cm³/mol. The molecule has 78 valence electrons. The van der Waals surface area contributed by atoms with Crippen molar-refractivity contribution in [3.05, 3.63) is 46.4 Å². The molecule has 5 nitrogen and oxygen atoms in total. The minimum absolute atomic E-state index is 0.0274. The van der Waals surface area contributed by atoms with Crippen LogP contribution in [0.15, 0.2) is 29.3 Å². The lowest BCUT2D eigenvalue weighted by Gasteiger charge is -2.07. The third kappa shape index (κ3) is 1.55. The Morgan fingerprint density at radius 2 is 2.33 bits per heavy atom. The summed E-state index contributed by atoms with van der Waals surface area (Å²) in [7, 11) is 0. The van der Waals surface area contributed by atoms with E-state index in [2.05, 4.69) is 10.2 Å². The second kappa shape index (κ2) is 3.66. The highest BCUT2D eigenvalue weighted by atomic mass is 19.1. The number of rotatable bonds is 2. The van der Waals surface area contributed by atoms with Crippen LogP contribution in [0.1, 0.15) is 5.56 Å². The van der Waals surface area contributed by atoms with Crippen LogP contribution < -0.4 is 11.4 Å². The van der Waals surface area contributed by atoms with Gasteiger partial charge in [0.1, 0.15) is 12.1 Å². The molecule has 1 heterocycles. The van der Waals surface area contributed by atoms with E-state index in [4.69, 9.17) is 5.73 Å². The first kappa shape index (κ1) is 9.60. The molecule has 1 aromatic heterocycles. The summed E-state index contributed by atoms with van der Waals surface area (Å²) in [6.07, 6.45) is 1.29. The van der Waals surface area contributed by atoms with Crippen LogP contribution in [0.4, 0.5) is 4.39 Å². The lowest BCUT2D eigenvalue weighted by Crippen LogP contribution is -2.17. The van der Waals surface area contributed by atoms with E-state index in [1.165, 1.54) is 23.0 Å². The molecule has 2 rings (SSSR count). The van der Waals surface area contributed by atoms with Crippen molar-refractivity contribution in [2.45, 2.75) is 6.54 Å². The molecule has 0 aliphatic heterocycles. The molecule has 0 aliphatic rings. The molecule has 15 heavy (non-hydrogen) atoms. The highest BCUT2D eigenvalue weighted by Gasteiger charge is 2.09. The van der Waals surface area contributed by atoms with Gasteiger partial charge in [0, 0.05) is 12.1 Å². The fraction of sp³-hybridized carbons (Fsp3) is 0.111. The van der Waals surface area contributed by atoms with Crippen LogP contribution in [-0.4, -0.2) is 14.8 Å². The van der Waals surface area contributed by atoms with Gasteiger partial charge in [-0.3, -0.25) is 0 Å². The Hall–Kier alpha value is -1.95. The molecule has 3 N–H and O–H groups in total. The van der Waals surface area contributed by atoms with Crippen molar-refractivity contribution in [3.63, 3.8) is 0 Å². The Morgan fingerprint density at radius 1 is 1.53 bits per heavy atom. The first-order chi connectivity index (χ1) is 7.24. The van der Waals surface area contributed by atoms with Crippen molar-refractivity contribution in [2.75, 3.05) is 0 Å². The smallest absolute Gasteiger partial charge is 0.326 e. The Balaban J connectivity index is 2.68. The lowest BCUT2D eigenvalue weighted by molar-refractivity contribution is 0.608. The summed E-state index contributed by atoms with van der Waals surface area (Å²) in [6.45, 7) is 0.0274. The van der Waals surface area contributed by atoms with Gasteiger partial charge in [-0.15, -0.1) is 0 Å². The molecule has 0 saturated heterocycles. The van der Waals surface area contributed by atoms with Crippen molar-refractivity contribution in [1.82, 2.24) is 14.8 Å². The zero-order chi connectivity index (χ0) is 10.8. The van der Waals surface area contributed by atoms with Crippen molar-refractivity contribution in [3.8, 4) is 5.69 Å². The Kier molecular flexibility index (Phi) is 2.34. The average molecular weight is 208 g/mol. The number of H-pyrrole nitrogens is 1. The van der Waals surface area contributed by atoms with Gasteiger partial charge >= 0.3 is 5.69 Å². The molecule has 2 aromatic rings. The monoisotopic (exact) mass is 208 g/mol. The SMILES string of the molecule is NCc1c(F)cccc1-n1cn[nH]c1=O. The average Bonchev–Trinajstić information content (AvgIpc) is 2.64. The van der Waals surface area contributed by atoms with Crippen LogP contribution in [-0.2, 0) is 6.54 Å². The summed E-state index contributed by atoms with van der Waals surface area (Å²) in [5.74, 6) is -0.428. The topological polar surface area (TPSA) is 76.7 Å². The van der Waals surface area contributed by atoms with E-state index in [1.807, 2.05) is 0 Å². The van der Waals surface area contributed by atoms with Crippen LogP contribution >= 0.6 is 0 Å². The van der Waals surface area contributed by atoms with Gasteiger partial charge in [0.25, 0.3) is 0 Å². The lowest BCUT2D eigenvalue weighted by atomic mass is 10.1. The highest BCUT2D eigenvalue weighted by Crippen LogP contribution is 2.15. The molecular formula is C9H9FN4O. The standard InChI is InChI=1S/C9H9FN4O/c10-7-2-1-3-8(6(7)4-11)14-5-12-13-9(14)15/h1-3,5H,4,11H2,(H,13,15). The van der Waals surface area contributed by atoms with Crippen LogP contribution in [0, 0.1) is 5.82 Å². The third-order valence-electron chi connectivity index (χ3n) is 2.11. The van der Waals surface area contributed by atoms with Crippen molar-refractivity contribution in [2.24, 2.45) is 5.73 Å². The zero-order valence-electron chi connectivity index (χ0n) is 7.77. The molecule has 0 bridgehead atoms. The highest BCUT2D eigenvalue weighted by molar-refractivity contribution is 5.41. The molecule has 0 saturated carbocycles.